The number of piperidine rings is 1. The van der Waals surface area contributed by atoms with Crippen LogP contribution in [0.1, 0.15) is 29.6 Å². The lowest BCUT2D eigenvalue weighted by Gasteiger charge is -2.26. The molecule has 1 fully saturated rings. The van der Waals surface area contributed by atoms with Crippen molar-refractivity contribution >= 4 is 27.7 Å². The van der Waals surface area contributed by atoms with Crippen molar-refractivity contribution in [2.45, 2.75) is 19.3 Å². The molecule has 1 aliphatic heterocycles. The SMILES string of the molecule is O=C(c1ccc2ncc(-c3ccc4cnccc4c3)nc2c1)N1CCCCC1. The molecule has 0 unspecified atom stereocenters. The summed E-state index contributed by atoms with van der Waals surface area (Å²) in [5.74, 6) is 0.0898. The van der Waals surface area contributed by atoms with Gasteiger partial charge in [-0.2, -0.15) is 0 Å². The number of fused-ring (bicyclic) bond motifs is 2. The highest BCUT2D eigenvalue weighted by Crippen LogP contribution is 2.24. The third-order valence-electron chi connectivity index (χ3n) is 5.37. The summed E-state index contributed by atoms with van der Waals surface area (Å²) >= 11 is 0. The van der Waals surface area contributed by atoms with Crippen molar-refractivity contribution in [3.8, 4) is 11.3 Å². The molecule has 0 bridgehead atoms. The van der Waals surface area contributed by atoms with Gasteiger partial charge in [-0.3, -0.25) is 14.8 Å². The summed E-state index contributed by atoms with van der Waals surface area (Å²) in [6.07, 6.45) is 8.80. The van der Waals surface area contributed by atoms with Crippen LogP contribution in [-0.4, -0.2) is 38.8 Å². The number of carbonyl (C=O) groups excluding carboxylic acids is 1. The van der Waals surface area contributed by atoms with Gasteiger partial charge in [0, 0.05) is 42.0 Å². The quantitative estimate of drug-likeness (QED) is 0.524. The number of amides is 1. The summed E-state index contributed by atoms with van der Waals surface area (Å²) in [6, 6.07) is 13.8. The smallest absolute Gasteiger partial charge is 0.253 e. The zero-order valence-corrected chi connectivity index (χ0v) is 15.5. The lowest BCUT2D eigenvalue weighted by Crippen LogP contribution is -2.35. The van der Waals surface area contributed by atoms with Gasteiger partial charge in [-0.15, -0.1) is 0 Å². The fraction of sp³-hybridized carbons (Fsp3) is 0.217. The molecule has 138 valence electrons. The monoisotopic (exact) mass is 368 g/mol. The van der Waals surface area contributed by atoms with Crippen molar-refractivity contribution in [1.29, 1.82) is 0 Å². The van der Waals surface area contributed by atoms with E-state index in [0.717, 1.165) is 59.0 Å². The summed E-state index contributed by atoms with van der Waals surface area (Å²) in [4.78, 5) is 28.3. The highest BCUT2D eigenvalue weighted by molar-refractivity contribution is 5.97. The molecule has 5 heteroatoms. The van der Waals surface area contributed by atoms with E-state index in [4.69, 9.17) is 4.98 Å². The van der Waals surface area contributed by atoms with E-state index in [2.05, 4.69) is 16.0 Å². The molecule has 5 nitrogen and oxygen atoms in total. The zero-order valence-electron chi connectivity index (χ0n) is 15.5. The molecular formula is C23H20N4O. The molecule has 1 amide bonds. The van der Waals surface area contributed by atoms with E-state index in [1.54, 1.807) is 12.4 Å². The van der Waals surface area contributed by atoms with E-state index in [9.17, 15) is 4.79 Å². The van der Waals surface area contributed by atoms with Crippen molar-refractivity contribution in [2.75, 3.05) is 13.1 Å². The van der Waals surface area contributed by atoms with Gasteiger partial charge in [0.05, 0.1) is 22.9 Å². The Hall–Kier alpha value is -3.34. The number of aromatic nitrogens is 3. The first-order chi connectivity index (χ1) is 13.8. The van der Waals surface area contributed by atoms with Crippen LogP contribution in [0.5, 0.6) is 0 Å². The van der Waals surface area contributed by atoms with Crippen molar-refractivity contribution in [3.05, 3.63) is 66.6 Å². The minimum Gasteiger partial charge on any atom is -0.339 e. The Morgan fingerprint density at radius 3 is 2.64 bits per heavy atom. The Morgan fingerprint density at radius 1 is 0.857 bits per heavy atom. The minimum absolute atomic E-state index is 0.0898. The second kappa shape index (κ2) is 7.00. The molecule has 1 saturated heterocycles. The van der Waals surface area contributed by atoms with Crippen LogP contribution in [0.2, 0.25) is 0 Å². The van der Waals surface area contributed by atoms with Crippen LogP contribution in [0.4, 0.5) is 0 Å². The normalized spacial score (nSPS) is 14.5. The maximum atomic E-state index is 12.8. The number of benzene rings is 2. The van der Waals surface area contributed by atoms with E-state index >= 15 is 0 Å². The number of rotatable bonds is 2. The molecule has 2 aromatic carbocycles. The summed E-state index contributed by atoms with van der Waals surface area (Å²) < 4.78 is 0. The van der Waals surface area contributed by atoms with Crippen LogP contribution >= 0.6 is 0 Å². The van der Waals surface area contributed by atoms with Gasteiger partial charge >= 0.3 is 0 Å². The summed E-state index contributed by atoms with van der Waals surface area (Å²) in [5, 5.41) is 2.21. The second-order valence-corrected chi connectivity index (χ2v) is 7.25. The van der Waals surface area contributed by atoms with Crippen LogP contribution in [0.3, 0.4) is 0 Å². The molecular weight excluding hydrogens is 348 g/mol. The van der Waals surface area contributed by atoms with Crippen LogP contribution in [0, 0.1) is 0 Å². The first-order valence-electron chi connectivity index (χ1n) is 9.68. The molecule has 0 N–H and O–H groups in total. The molecule has 0 atom stereocenters. The number of hydrogen-bond donors (Lipinski definition) is 0. The molecule has 2 aromatic heterocycles. The third-order valence-corrected chi connectivity index (χ3v) is 5.37. The van der Waals surface area contributed by atoms with Gasteiger partial charge in [-0.1, -0.05) is 12.1 Å². The second-order valence-electron chi connectivity index (χ2n) is 7.25. The number of likely N-dealkylation sites (tertiary alicyclic amines) is 1. The fourth-order valence-electron chi connectivity index (χ4n) is 3.81. The van der Waals surface area contributed by atoms with Crippen molar-refractivity contribution in [1.82, 2.24) is 19.9 Å². The maximum absolute atomic E-state index is 12.8. The molecule has 4 aromatic rings. The standard InChI is InChI=1S/C23H20N4O/c28-23(27-10-2-1-3-11-27)18-6-7-20-21(13-18)26-22(15-25-20)17-4-5-19-14-24-9-8-16(19)12-17/h4-9,12-15H,1-3,10-11H2. The average Bonchev–Trinajstić information content (AvgIpc) is 2.78. The van der Waals surface area contributed by atoms with E-state index in [0.29, 0.717) is 5.56 Å². The van der Waals surface area contributed by atoms with Gasteiger partial charge in [-0.05, 0) is 55.0 Å². The summed E-state index contributed by atoms with van der Waals surface area (Å²) in [6.45, 7) is 1.68. The van der Waals surface area contributed by atoms with Crippen LogP contribution in [-0.2, 0) is 0 Å². The predicted octanol–water partition coefficient (Wildman–Crippen LogP) is 4.47. The fourth-order valence-corrected chi connectivity index (χ4v) is 3.81. The molecule has 5 rings (SSSR count). The third kappa shape index (κ3) is 3.09. The van der Waals surface area contributed by atoms with E-state index < -0.39 is 0 Å². The largest absolute Gasteiger partial charge is 0.339 e. The molecule has 0 aliphatic carbocycles. The van der Waals surface area contributed by atoms with Gasteiger partial charge in [0.25, 0.3) is 5.91 Å². The van der Waals surface area contributed by atoms with Gasteiger partial charge in [0.2, 0.25) is 0 Å². The first-order valence-corrected chi connectivity index (χ1v) is 9.68. The molecule has 0 saturated carbocycles. The average molecular weight is 368 g/mol. The van der Waals surface area contributed by atoms with Crippen LogP contribution < -0.4 is 0 Å². The van der Waals surface area contributed by atoms with Gasteiger partial charge in [0.15, 0.2) is 0 Å². The highest BCUT2D eigenvalue weighted by Gasteiger charge is 2.18. The van der Waals surface area contributed by atoms with Gasteiger partial charge in [0.1, 0.15) is 0 Å². The minimum atomic E-state index is 0.0898. The highest BCUT2D eigenvalue weighted by atomic mass is 16.2. The molecule has 28 heavy (non-hydrogen) atoms. The Labute approximate surface area is 163 Å². The number of carbonyl (C=O) groups is 1. The number of nitrogens with zero attached hydrogens (tertiary/aromatic N) is 4. The lowest BCUT2D eigenvalue weighted by atomic mass is 10.1. The Kier molecular flexibility index (Phi) is 4.20. The van der Waals surface area contributed by atoms with Crippen molar-refractivity contribution in [3.63, 3.8) is 0 Å². The zero-order chi connectivity index (χ0) is 18.9. The molecule has 3 heterocycles. The predicted molar refractivity (Wildman–Crippen MR) is 110 cm³/mol. The van der Waals surface area contributed by atoms with Gasteiger partial charge in [-0.25, -0.2) is 4.98 Å². The molecule has 1 aliphatic rings. The Bertz CT molecular complexity index is 1180. The lowest BCUT2D eigenvalue weighted by molar-refractivity contribution is 0.0724. The van der Waals surface area contributed by atoms with Crippen molar-refractivity contribution < 1.29 is 4.79 Å². The molecule has 0 radical (unpaired) electrons. The van der Waals surface area contributed by atoms with Crippen LogP contribution in [0.15, 0.2) is 61.1 Å². The Balaban J connectivity index is 1.52. The van der Waals surface area contributed by atoms with Crippen LogP contribution in [0.25, 0.3) is 33.1 Å². The number of hydrogen-bond acceptors (Lipinski definition) is 4. The maximum Gasteiger partial charge on any atom is 0.253 e. The van der Waals surface area contributed by atoms with E-state index in [-0.39, 0.29) is 5.91 Å². The number of pyridine rings is 1. The summed E-state index contributed by atoms with van der Waals surface area (Å²) in [5.41, 5.74) is 4.03. The van der Waals surface area contributed by atoms with Crippen molar-refractivity contribution in [2.24, 2.45) is 0 Å². The topological polar surface area (TPSA) is 59.0 Å². The molecule has 0 spiro atoms. The summed E-state index contributed by atoms with van der Waals surface area (Å²) in [7, 11) is 0. The van der Waals surface area contributed by atoms with Gasteiger partial charge < -0.3 is 4.90 Å². The van der Waals surface area contributed by atoms with E-state index in [1.165, 1.54) is 6.42 Å². The Morgan fingerprint density at radius 2 is 1.75 bits per heavy atom. The first kappa shape index (κ1) is 16.8. The van der Waals surface area contributed by atoms with E-state index in [1.807, 2.05) is 47.5 Å².